The van der Waals surface area contributed by atoms with Crippen LogP contribution < -0.4 is 4.90 Å². The average molecular weight is 392 g/mol. The lowest BCUT2D eigenvalue weighted by Gasteiger charge is -2.33. The number of aliphatic hydroxyl groups is 2. The van der Waals surface area contributed by atoms with Crippen molar-refractivity contribution in [2.75, 3.05) is 11.5 Å². The van der Waals surface area contributed by atoms with E-state index in [4.69, 9.17) is 4.74 Å². The highest BCUT2D eigenvalue weighted by Gasteiger charge is 2.76. The minimum atomic E-state index is -1.16. The van der Waals surface area contributed by atoms with Crippen LogP contribution in [0.4, 0.5) is 5.69 Å². The number of carbonyl (C=O) groups excluding carboxylic acids is 2. The number of benzene rings is 2. The highest BCUT2D eigenvalue weighted by Crippen LogP contribution is 2.62. The van der Waals surface area contributed by atoms with Gasteiger partial charge in [0, 0.05) is 30.2 Å². The van der Waals surface area contributed by atoms with Gasteiger partial charge in [-0.25, -0.2) is 4.90 Å². The Hall–Kier alpha value is -2.79. The Labute approximate surface area is 167 Å². The maximum Gasteiger partial charge on any atom is 0.240 e. The third-order valence-electron chi connectivity index (χ3n) is 6.91. The van der Waals surface area contributed by atoms with Gasteiger partial charge < -0.3 is 14.9 Å². The Kier molecular flexibility index (Phi) is 3.69. The third-order valence-corrected chi connectivity index (χ3v) is 6.91. The van der Waals surface area contributed by atoms with Gasteiger partial charge in [0.1, 0.15) is 5.60 Å². The minimum Gasteiger partial charge on any atom is -0.396 e. The fourth-order valence-corrected chi connectivity index (χ4v) is 5.63. The number of fused-ring (bicyclic) bond motifs is 6. The van der Waals surface area contributed by atoms with Crippen LogP contribution >= 0.6 is 0 Å². The van der Waals surface area contributed by atoms with Gasteiger partial charge >= 0.3 is 0 Å². The van der Waals surface area contributed by atoms with Crippen molar-refractivity contribution in [3.63, 3.8) is 0 Å². The molecule has 3 heterocycles. The predicted molar refractivity (Wildman–Crippen MR) is 103 cm³/mol. The van der Waals surface area contributed by atoms with Crippen LogP contribution in [0.15, 0.2) is 36.4 Å². The maximum absolute atomic E-state index is 13.5. The Morgan fingerprint density at radius 1 is 1.17 bits per heavy atom. The van der Waals surface area contributed by atoms with Crippen LogP contribution in [0.2, 0.25) is 0 Å². The summed E-state index contributed by atoms with van der Waals surface area (Å²) in [5, 5.41) is 30.9. The van der Waals surface area contributed by atoms with E-state index < -0.39 is 35.0 Å². The molecule has 3 saturated heterocycles. The fraction of sp³-hybridized carbons (Fsp3) is 0.409. The molecule has 0 aromatic heterocycles. The molecule has 3 fully saturated rings. The smallest absolute Gasteiger partial charge is 0.240 e. The summed E-state index contributed by atoms with van der Waals surface area (Å²) >= 11 is 0. The molecule has 5 rings (SSSR count). The summed E-state index contributed by atoms with van der Waals surface area (Å²) in [5.74, 6) is -2.33. The lowest BCUT2D eigenvalue weighted by Crippen LogP contribution is -2.49. The molecule has 2 N–H and O–H groups in total. The van der Waals surface area contributed by atoms with Gasteiger partial charge in [-0.05, 0) is 19.1 Å². The van der Waals surface area contributed by atoms with Gasteiger partial charge in [0.25, 0.3) is 0 Å². The lowest BCUT2D eigenvalue weighted by molar-refractivity contribution is -0.134. The van der Waals surface area contributed by atoms with E-state index in [2.05, 4.69) is 6.07 Å². The highest BCUT2D eigenvalue weighted by molar-refractivity contribution is 6.26. The van der Waals surface area contributed by atoms with E-state index in [1.807, 2.05) is 0 Å². The topological polar surface area (TPSA) is 111 Å². The number of imide groups is 1. The first-order chi connectivity index (χ1) is 13.9. The molecule has 0 saturated carbocycles. The molecule has 29 heavy (non-hydrogen) atoms. The molecule has 0 radical (unpaired) electrons. The molecule has 2 aromatic rings. The minimum absolute atomic E-state index is 0.182. The number of ether oxygens (including phenoxy) is 1. The second-order valence-corrected chi connectivity index (χ2v) is 8.30. The van der Waals surface area contributed by atoms with Gasteiger partial charge in [0.15, 0.2) is 0 Å². The van der Waals surface area contributed by atoms with E-state index in [0.717, 1.165) is 0 Å². The largest absolute Gasteiger partial charge is 0.396 e. The van der Waals surface area contributed by atoms with Crippen LogP contribution in [0.1, 0.15) is 25.3 Å². The summed E-state index contributed by atoms with van der Waals surface area (Å²) in [7, 11) is 0. The monoisotopic (exact) mass is 392 g/mol. The van der Waals surface area contributed by atoms with E-state index in [0.29, 0.717) is 22.0 Å². The highest BCUT2D eigenvalue weighted by atomic mass is 16.6. The quantitative estimate of drug-likeness (QED) is 0.766. The number of amides is 2. The summed E-state index contributed by atoms with van der Waals surface area (Å²) in [6, 6.07) is 12.5. The molecule has 5 atom stereocenters. The molecule has 2 aromatic carbocycles. The van der Waals surface area contributed by atoms with Crippen molar-refractivity contribution in [1.29, 1.82) is 5.26 Å². The second kappa shape index (κ2) is 5.86. The van der Waals surface area contributed by atoms with Crippen molar-refractivity contribution >= 4 is 28.3 Å². The normalized spacial score (nSPS) is 35.4. The molecule has 7 heteroatoms. The number of hydrogen-bond donors (Lipinski definition) is 2. The Bertz CT molecular complexity index is 1110. The molecule has 148 valence electrons. The van der Waals surface area contributed by atoms with Gasteiger partial charge in [-0.1, -0.05) is 24.3 Å². The number of nitrogens with zero attached hydrogens (tertiary/aromatic N) is 2. The molecule has 0 aliphatic carbocycles. The molecule has 2 amide bonds. The van der Waals surface area contributed by atoms with Gasteiger partial charge in [-0.3, -0.25) is 9.59 Å². The second-order valence-electron chi connectivity index (χ2n) is 8.30. The molecule has 3 aliphatic rings. The molecule has 0 unspecified atom stereocenters. The van der Waals surface area contributed by atoms with E-state index in [9.17, 15) is 25.1 Å². The van der Waals surface area contributed by atoms with Gasteiger partial charge in [0.05, 0.1) is 40.9 Å². The standard InChI is InChI=1S/C22H20N2O5/c1-21-16(26)10-22(29-21,8-9-25)18-17(21)19(27)24(20(18)28)15-7-6-12(11-23)13-4-2-3-5-14(13)15/h2-7,16-18,25-26H,8-10H2,1H3/t16-,17+,18+,21-,22+/m0/s1. The summed E-state index contributed by atoms with van der Waals surface area (Å²) < 4.78 is 6.09. The Morgan fingerprint density at radius 2 is 1.86 bits per heavy atom. The molecular formula is C22H20N2O5. The van der Waals surface area contributed by atoms with Crippen LogP contribution in [0.3, 0.4) is 0 Å². The molecular weight excluding hydrogens is 372 g/mol. The van der Waals surface area contributed by atoms with Crippen LogP contribution in [-0.4, -0.2) is 45.9 Å². The first kappa shape index (κ1) is 18.3. The van der Waals surface area contributed by atoms with Gasteiger partial charge in [-0.2, -0.15) is 5.26 Å². The zero-order chi connectivity index (χ0) is 20.6. The number of nitriles is 1. The van der Waals surface area contributed by atoms with Crippen LogP contribution in [0, 0.1) is 23.2 Å². The SMILES string of the molecule is C[C@]12O[C@](CCO)(C[C@@H]1O)[C@H]1C(=O)N(c3ccc(C#N)c4ccccc34)C(=O)[C@@H]12. The Morgan fingerprint density at radius 3 is 2.55 bits per heavy atom. The van der Waals surface area contributed by atoms with Gasteiger partial charge in [0.2, 0.25) is 11.8 Å². The van der Waals surface area contributed by atoms with Crippen molar-refractivity contribution in [2.45, 2.75) is 37.1 Å². The predicted octanol–water partition coefficient (Wildman–Crippen LogP) is 1.49. The number of aliphatic hydroxyl groups excluding tert-OH is 2. The fourth-order valence-electron chi connectivity index (χ4n) is 5.63. The third kappa shape index (κ3) is 2.11. The van der Waals surface area contributed by atoms with Crippen LogP contribution in [0.25, 0.3) is 10.8 Å². The lowest BCUT2D eigenvalue weighted by atomic mass is 9.66. The van der Waals surface area contributed by atoms with Crippen molar-refractivity contribution in [3.8, 4) is 6.07 Å². The number of carbonyl (C=O) groups is 2. The molecule has 7 nitrogen and oxygen atoms in total. The number of hydrogen-bond acceptors (Lipinski definition) is 6. The first-order valence-corrected chi connectivity index (χ1v) is 9.67. The molecule has 3 aliphatic heterocycles. The zero-order valence-electron chi connectivity index (χ0n) is 15.8. The zero-order valence-corrected chi connectivity index (χ0v) is 15.8. The maximum atomic E-state index is 13.5. The number of rotatable bonds is 3. The van der Waals surface area contributed by atoms with Gasteiger partial charge in [-0.15, -0.1) is 0 Å². The summed E-state index contributed by atoms with van der Waals surface area (Å²) in [6.45, 7) is 1.47. The first-order valence-electron chi connectivity index (χ1n) is 9.67. The van der Waals surface area contributed by atoms with E-state index in [-0.39, 0.29) is 25.4 Å². The van der Waals surface area contributed by atoms with E-state index >= 15 is 0 Å². The number of anilines is 1. The van der Waals surface area contributed by atoms with Crippen molar-refractivity contribution in [1.82, 2.24) is 0 Å². The Balaban J connectivity index is 1.68. The summed E-state index contributed by atoms with van der Waals surface area (Å²) in [6.07, 6.45) is -0.488. The van der Waals surface area contributed by atoms with Crippen molar-refractivity contribution in [3.05, 3.63) is 42.0 Å². The van der Waals surface area contributed by atoms with E-state index in [1.165, 1.54) is 4.90 Å². The van der Waals surface area contributed by atoms with Crippen molar-refractivity contribution < 1.29 is 24.5 Å². The summed E-state index contributed by atoms with van der Waals surface area (Å²) in [5.41, 5.74) is -1.31. The van der Waals surface area contributed by atoms with Crippen LogP contribution in [-0.2, 0) is 14.3 Å². The molecule has 0 spiro atoms. The average Bonchev–Trinajstić information content (AvgIpc) is 3.23. The van der Waals surface area contributed by atoms with Crippen molar-refractivity contribution in [2.24, 2.45) is 11.8 Å². The van der Waals surface area contributed by atoms with Crippen LogP contribution in [0.5, 0.6) is 0 Å². The summed E-state index contributed by atoms with van der Waals surface area (Å²) in [4.78, 5) is 28.2. The van der Waals surface area contributed by atoms with E-state index in [1.54, 1.807) is 43.3 Å². The molecule has 2 bridgehead atoms.